The average Bonchev–Trinajstić information content (AvgIpc) is 1.84. The van der Waals surface area contributed by atoms with Crippen LogP contribution in [-0.2, 0) is 9.53 Å². The molecule has 0 spiro atoms. The Hall–Kier alpha value is -0.570. The van der Waals surface area contributed by atoms with Gasteiger partial charge in [-0.3, -0.25) is 4.79 Å². The van der Waals surface area contributed by atoms with Gasteiger partial charge in [-0.2, -0.15) is 0 Å². The number of ether oxygens (including phenoxy) is 1. The first-order valence-corrected chi connectivity index (χ1v) is 4.35. The van der Waals surface area contributed by atoms with Crippen molar-refractivity contribution in [2.24, 2.45) is 5.92 Å². The van der Waals surface area contributed by atoms with E-state index in [1.165, 1.54) is 0 Å². The van der Waals surface area contributed by atoms with Crippen LogP contribution in [0.1, 0.15) is 33.6 Å². The minimum absolute atomic E-state index is 0.209. The van der Waals surface area contributed by atoms with E-state index in [1.54, 1.807) is 0 Å². The summed E-state index contributed by atoms with van der Waals surface area (Å²) in [4.78, 5) is 10.3. The first-order chi connectivity index (χ1) is 5.52. The molecule has 0 aromatic carbocycles. The summed E-state index contributed by atoms with van der Waals surface area (Å²) >= 11 is 0. The Morgan fingerprint density at radius 3 is 2.42 bits per heavy atom. The molecule has 0 heterocycles. The van der Waals surface area contributed by atoms with Crippen LogP contribution in [-0.4, -0.2) is 23.8 Å². The van der Waals surface area contributed by atoms with Gasteiger partial charge < -0.3 is 9.84 Å². The van der Waals surface area contributed by atoms with E-state index in [-0.39, 0.29) is 18.4 Å². The Balaban J connectivity index is 3.31. The van der Waals surface area contributed by atoms with Crippen LogP contribution < -0.4 is 0 Å². The topological polar surface area (TPSA) is 46.5 Å². The molecule has 3 heteroatoms. The minimum Gasteiger partial charge on any atom is -0.481 e. The van der Waals surface area contributed by atoms with Crippen molar-refractivity contribution in [3.05, 3.63) is 0 Å². The zero-order valence-electron chi connectivity index (χ0n) is 8.04. The standard InChI is InChI=1S/C9H18O3/c1-7(2)12-5-4-8(3)6-9(10)11/h7-8H,4-6H2,1-3H3,(H,10,11). The third-order valence-electron chi connectivity index (χ3n) is 1.58. The predicted molar refractivity (Wildman–Crippen MR) is 47.1 cm³/mol. The highest BCUT2D eigenvalue weighted by Crippen LogP contribution is 2.07. The minimum atomic E-state index is -0.730. The number of carboxylic acids is 1. The molecule has 0 fully saturated rings. The largest absolute Gasteiger partial charge is 0.481 e. The van der Waals surface area contributed by atoms with Crippen molar-refractivity contribution >= 4 is 5.97 Å². The van der Waals surface area contributed by atoms with E-state index in [9.17, 15) is 4.79 Å². The maximum atomic E-state index is 10.3. The first-order valence-electron chi connectivity index (χ1n) is 4.35. The molecule has 0 aromatic heterocycles. The first kappa shape index (κ1) is 11.4. The van der Waals surface area contributed by atoms with Gasteiger partial charge in [-0.15, -0.1) is 0 Å². The zero-order chi connectivity index (χ0) is 9.56. The Bertz CT molecular complexity index is 132. The highest BCUT2D eigenvalue weighted by molar-refractivity contribution is 5.66. The second-order valence-electron chi connectivity index (χ2n) is 3.41. The summed E-state index contributed by atoms with van der Waals surface area (Å²) in [5, 5.41) is 8.45. The highest BCUT2D eigenvalue weighted by atomic mass is 16.5. The molecule has 0 aliphatic carbocycles. The molecule has 0 amide bonds. The molecule has 0 aromatic rings. The molecule has 0 saturated carbocycles. The molecule has 0 saturated heterocycles. The molecule has 0 aliphatic rings. The van der Waals surface area contributed by atoms with Crippen LogP contribution in [0.15, 0.2) is 0 Å². The second-order valence-corrected chi connectivity index (χ2v) is 3.41. The van der Waals surface area contributed by atoms with Crippen LogP contribution in [0.3, 0.4) is 0 Å². The summed E-state index contributed by atoms with van der Waals surface area (Å²) < 4.78 is 5.30. The van der Waals surface area contributed by atoms with Crippen LogP contribution in [0, 0.1) is 5.92 Å². The number of hydrogen-bond donors (Lipinski definition) is 1. The van der Waals surface area contributed by atoms with Crippen LogP contribution in [0.5, 0.6) is 0 Å². The lowest BCUT2D eigenvalue weighted by molar-refractivity contribution is -0.138. The van der Waals surface area contributed by atoms with Crippen LogP contribution >= 0.6 is 0 Å². The fraction of sp³-hybridized carbons (Fsp3) is 0.889. The third kappa shape index (κ3) is 7.54. The lowest BCUT2D eigenvalue weighted by atomic mass is 10.1. The summed E-state index contributed by atoms with van der Waals surface area (Å²) in [7, 11) is 0. The van der Waals surface area contributed by atoms with Crippen molar-refractivity contribution < 1.29 is 14.6 Å². The normalized spacial score (nSPS) is 13.3. The average molecular weight is 174 g/mol. The summed E-state index contributed by atoms with van der Waals surface area (Å²) in [5.41, 5.74) is 0. The Morgan fingerprint density at radius 1 is 1.42 bits per heavy atom. The summed E-state index contributed by atoms with van der Waals surface area (Å²) in [6.45, 7) is 6.54. The molecule has 0 bridgehead atoms. The van der Waals surface area contributed by atoms with E-state index in [0.717, 1.165) is 6.42 Å². The molecule has 1 unspecified atom stereocenters. The van der Waals surface area contributed by atoms with Gasteiger partial charge in [-0.1, -0.05) is 6.92 Å². The summed E-state index contributed by atoms with van der Waals surface area (Å²) in [5.74, 6) is -0.520. The monoisotopic (exact) mass is 174 g/mol. The lowest BCUT2D eigenvalue weighted by Gasteiger charge is -2.10. The lowest BCUT2D eigenvalue weighted by Crippen LogP contribution is -2.10. The number of carbonyl (C=O) groups is 1. The molecule has 1 N–H and O–H groups in total. The smallest absolute Gasteiger partial charge is 0.303 e. The fourth-order valence-electron chi connectivity index (χ4n) is 0.905. The van der Waals surface area contributed by atoms with Crippen molar-refractivity contribution in [1.82, 2.24) is 0 Å². The van der Waals surface area contributed by atoms with Gasteiger partial charge in [0.15, 0.2) is 0 Å². The molecule has 1 atom stereocenters. The van der Waals surface area contributed by atoms with Crippen LogP contribution in [0.4, 0.5) is 0 Å². The second kappa shape index (κ2) is 6.00. The fourth-order valence-corrected chi connectivity index (χ4v) is 0.905. The quantitative estimate of drug-likeness (QED) is 0.669. The predicted octanol–water partition coefficient (Wildman–Crippen LogP) is 1.91. The van der Waals surface area contributed by atoms with E-state index >= 15 is 0 Å². The molecule has 72 valence electrons. The van der Waals surface area contributed by atoms with Crippen LogP contribution in [0.2, 0.25) is 0 Å². The van der Waals surface area contributed by atoms with E-state index in [1.807, 2.05) is 20.8 Å². The van der Waals surface area contributed by atoms with Crippen molar-refractivity contribution in [3.63, 3.8) is 0 Å². The molecule has 12 heavy (non-hydrogen) atoms. The van der Waals surface area contributed by atoms with Gasteiger partial charge in [0.2, 0.25) is 0 Å². The van der Waals surface area contributed by atoms with Gasteiger partial charge >= 0.3 is 5.97 Å². The maximum Gasteiger partial charge on any atom is 0.303 e. The van der Waals surface area contributed by atoms with Gasteiger partial charge in [0.25, 0.3) is 0 Å². The maximum absolute atomic E-state index is 10.3. The Labute approximate surface area is 73.7 Å². The van der Waals surface area contributed by atoms with Gasteiger partial charge in [0.1, 0.15) is 0 Å². The highest BCUT2D eigenvalue weighted by Gasteiger charge is 2.07. The SMILES string of the molecule is CC(CCOC(C)C)CC(=O)O. The summed E-state index contributed by atoms with van der Waals surface area (Å²) in [6, 6.07) is 0. The molecular weight excluding hydrogens is 156 g/mol. The van der Waals surface area contributed by atoms with Crippen molar-refractivity contribution in [1.29, 1.82) is 0 Å². The van der Waals surface area contributed by atoms with Gasteiger partial charge in [0.05, 0.1) is 6.10 Å². The van der Waals surface area contributed by atoms with E-state index in [0.29, 0.717) is 6.61 Å². The third-order valence-corrected chi connectivity index (χ3v) is 1.58. The van der Waals surface area contributed by atoms with Crippen LogP contribution in [0.25, 0.3) is 0 Å². The van der Waals surface area contributed by atoms with Crippen molar-refractivity contribution in [2.45, 2.75) is 39.7 Å². The van der Waals surface area contributed by atoms with Gasteiger partial charge in [0, 0.05) is 13.0 Å². The Kier molecular flexibility index (Phi) is 5.72. The van der Waals surface area contributed by atoms with Crippen molar-refractivity contribution in [3.8, 4) is 0 Å². The van der Waals surface area contributed by atoms with Crippen molar-refractivity contribution in [2.75, 3.05) is 6.61 Å². The molecular formula is C9H18O3. The zero-order valence-corrected chi connectivity index (χ0v) is 8.04. The van der Waals surface area contributed by atoms with Gasteiger partial charge in [-0.25, -0.2) is 0 Å². The summed E-state index contributed by atoms with van der Waals surface area (Å²) in [6.07, 6.45) is 1.30. The van der Waals surface area contributed by atoms with E-state index in [2.05, 4.69) is 0 Å². The number of carboxylic acid groups (broad SMARTS) is 1. The number of rotatable bonds is 6. The Morgan fingerprint density at radius 2 is 2.00 bits per heavy atom. The molecule has 0 aliphatic heterocycles. The molecule has 0 rings (SSSR count). The van der Waals surface area contributed by atoms with Gasteiger partial charge in [-0.05, 0) is 26.2 Å². The molecule has 3 nitrogen and oxygen atoms in total. The van der Waals surface area contributed by atoms with E-state index in [4.69, 9.17) is 9.84 Å². The molecule has 0 radical (unpaired) electrons. The number of hydrogen-bond acceptors (Lipinski definition) is 2. The van der Waals surface area contributed by atoms with E-state index < -0.39 is 5.97 Å². The number of aliphatic carboxylic acids is 1.